The summed E-state index contributed by atoms with van der Waals surface area (Å²) in [6.45, 7) is 3.65. The fourth-order valence-corrected chi connectivity index (χ4v) is 5.15. The summed E-state index contributed by atoms with van der Waals surface area (Å²) in [7, 11) is 0. The van der Waals surface area contributed by atoms with E-state index in [0.29, 0.717) is 19.3 Å². The zero-order valence-electron chi connectivity index (χ0n) is 19.3. The molecule has 2 aromatic carbocycles. The normalized spacial score (nSPS) is 18.4. The molecule has 0 unspecified atom stereocenters. The molecule has 0 radical (unpaired) electrons. The van der Waals surface area contributed by atoms with Gasteiger partial charge in [-0.2, -0.15) is 0 Å². The third-order valence-electron chi connectivity index (χ3n) is 6.56. The van der Waals surface area contributed by atoms with E-state index in [9.17, 15) is 14.4 Å². The van der Waals surface area contributed by atoms with Gasteiger partial charge in [-0.1, -0.05) is 66.2 Å². The van der Waals surface area contributed by atoms with Gasteiger partial charge in [0, 0.05) is 27.5 Å². The number of carbonyl (C=O) groups is 3. The number of para-hydroxylation sites is 1. The lowest BCUT2D eigenvalue weighted by Crippen LogP contribution is -2.64. The highest BCUT2D eigenvalue weighted by Crippen LogP contribution is 2.34. The van der Waals surface area contributed by atoms with E-state index in [1.54, 1.807) is 0 Å². The molecule has 0 spiro atoms. The van der Waals surface area contributed by atoms with Crippen molar-refractivity contribution in [3.05, 3.63) is 69.8 Å². The van der Waals surface area contributed by atoms with Crippen LogP contribution in [-0.4, -0.2) is 34.3 Å². The highest BCUT2D eigenvalue weighted by Gasteiger charge is 2.45. The first-order valence-corrected chi connectivity index (χ1v) is 12.2. The van der Waals surface area contributed by atoms with E-state index in [-0.39, 0.29) is 24.2 Å². The maximum Gasteiger partial charge on any atom is 0.246 e. The van der Waals surface area contributed by atoms with Crippen LogP contribution in [0.2, 0.25) is 0 Å². The maximum absolute atomic E-state index is 13.7. The molecule has 0 saturated heterocycles. The predicted molar refractivity (Wildman–Crippen MR) is 135 cm³/mol. The van der Waals surface area contributed by atoms with E-state index >= 15 is 0 Å². The Bertz CT molecular complexity index is 1250. The molecule has 8 heteroatoms. The van der Waals surface area contributed by atoms with E-state index in [1.807, 2.05) is 62.4 Å². The molecule has 178 valence electrons. The Morgan fingerprint density at radius 3 is 2.53 bits per heavy atom. The molecule has 1 aromatic heterocycles. The summed E-state index contributed by atoms with van der Waals surface area (Å²) in [5.74, 6) is -1.42. The molecule has 5 N–H and O–H groups in total. The minimum absolute atomic E-state index is 0.126. The van der Waals surface area contributed by atoms with Crippen LogP contribution < -0.4 is 16.4 Å². The Hall–Kier alpha value is -3.13. The van der Waals surface area contributed by atoms with Crippen molar-refractivity contribution in [1.82, 2.24) is 15.6 Å². The van der Waals surface area contributed by atoms with Gasteiger partial charge in [0.05, 0.1) is 6.42 Å². The van der Waals surface area contributed by atoms with Crippen molar-refractivity contribution in [2.24, 2.45) is 11.7 Å². The Morgan fingerprint density at radius 2 is 1.82 bits per heavy atom. The molecular formula is C26H29BrN4O3. The standard InChI is InChI=1S/C26H29BrN4O3/c1-15(2)23(24(28)33)30-25(34)26(31-22(32)13-16-7-3-5-9-19(16)27)12-11-21-18(14-26)17-8-4-6-10-20(17)29-21/h3-10,15,23,29H,11-14H2,1-2H3,(H2,28,33)(H,30,34)(H,31,32)/t23-,26+/m0/s1. The third-order valence-corrected chi connectivity index (χ3v) is 7.34. The summed E-state index contributed by atoms with van der Waals surface area (Å²) >= 11 is 3.49. The van der Waals surface area contributed by atoms with Gasteiger partial charge in [-0.3, -0.25) is 14.4 Å². The number of primary amides is 1. The van der Waals surface area contributed by atoms with Crippen molar-refractivity contribution in [1.29, 1.82) is 0 Å². The number of aryl methyl sites for hydroxylation is 1. The molecule has 0 aliphatic heterocycles. The Balaban J connectivity index is 1.68. The van der Waals surface area contributed by atoms with E-state index in [1.165, 1.54) is 0 Å². The second-order valence-electron chi connectivity index (χ2n) is 9.30. The van der Waals surface area contributed by atoms with E-state index in [4.69, 9.17) is 5.73 Å². The van der Waals surface area contributed by atoms with Crippen molar-refractivity contribution in [3.8, 4) is 0 Å². The molecule has 34 heavy (non-hydrogen) atoms. The lowest BCUT2D eigenvalue weighted by atomic mass is 9.78. The Morgan fingerprint density at radius 1 is 1.12 bits per heavy atom. The van der Waals surface area contributed by atoms with Gasteiger partial charge < -0.3 is 21.4 Å². The summed E-state index contributed by atoms with van der Waals surface area (Å²) in [4.78, 5) is 42.4. The van der Waals surface area contributed by atoms with Crippen molar-refractivity contribution < 1.29 is 14.4 Å². The zero-order valence-corrected chi connectivity index (χ0v) is 20.9. The van der Waals surface area contributed by atoms with Gasteiger partial charge >= 0.3 is 0 Å². The molecule has 1 aliphatic carbocycles. The van der Waals surface area contributed by atoms with Gasteiger partial charge in [-0.05, 0) is 42.0 Å². The van der Waals surface area contributed by atoms with Crippen molar-refractivity contribution in [2.45, 2.75) is 51.1 Å². The van der Waals surface area contributed by atoms with Crippen LogP contribution in [0.1, 0.15) is 37.1 Å². The lowest BCUT2D eigenvalue weighted by molar-refractivity contribution is -0.136. The molecule has 3 amide bonds. The highest BCUT2D eigenvalue weighted by atomic mass is 79.9. The monoisotopic (exact) mass is 524 g/mol. The summed E-state index contributed by atoms with van der Waals surface area (Å²) < 4.78 is 0.833. The predicted octanol–water partition coefficient (Wildman–Crippen LogP) is 3.14. The van der Waals surface area contributed by atoms with Gasteiger partial charge in [-0.15, -0.1) is 0 Å². The highest BCUT2D eigenvalue weighted by molar-refractivity contribution is 9.10. The minimum atomic E-state index is -1.20. The average Bonchev–Trinajstić information content (AvgIpc) is 3.16. The third kappa shape index (κ3) is 4.73. The number of halogens is 1. The van der Waals surface area contributed by atoms with Gasteiger partial charge in [0.15, 0.2) is 0 Å². The first-order chi connectivity index (χ1) is 16.2. The number of fused-ring (bicyclic) bond motifs is 3. The Labute approximate surface area is 207 Å². The number of benzene rings is 2. The van der Waals surface area contributed by atoms with Crippen LogP contribution in [0, 0.1) is 5.92 Å². The van der Waals surface area contributed by atoms with Crippen molar-refractivity contribution >= 4 is 44.6 Å². The van der Waals surface area contributed by atoms with Crippen molar-refractivity contribution in [3.63, 3.8) is 0 Å². The number of amides is 3. The van der Waals surface area contributed by atoms with Crippen LogP contribution >= 0.6 is 15.9 Å². The fraction of sp³-hybridized carbons (Fsp3) is 0.346. The van der Waals surface area contributed by atoms with Gasteiger partial charge in [0.25, 0.3) is 0 Å². The number of carbonyl (C=O) groups excluding carboxylic acids is 3. The van der Waals surface area contributed by atoms with Crippen LogP contribution in [0.25, 0.3) is 10.9 Å². The second kappa shape index (κ2) is 9.62. The molecular weight excluding hydrogens is 496 g/mol. The number of aromatic nitrogens is 1. The maximum atomic E-state index is 13.7. The summed E-state index contributed by atoms with van der Waals surface area (Å²) in [5, 5.41) is 6.91. The molecule has 0 saturated carbocycles. The van der Waals surface area contributed by atoms with Gasteiger partial charge in [-0.25, -0.2) is 0 Å². The molecule has 1 heterocycles. The SMILES string of the molecule is CC(C)[C@H](NC(=O)[C@@]1(NC(=O)Cc2ccccc2Br)CCc2[nH]c3ccccc3c2C1)C(N)=O. The minimum Gasteiger partial charge on any atom is -0.368 e. The number of rotatable bonds is 7. The van der Waals surface area contributed by atoms with Crippen LogP contribution in [0.15, 0.2) is 53.0 Å². The second-order valence-corrected chi connectivity index (χ2v) is 10.2. The Kier molecular flexibility index (Phi) is 6.79. The smallest absolute Gasteiger partial charge is 0.246 e. The van der Waals surface area contributed by atoms with Crippen LogP contribution in [0.3, 0.4) is 0 Å². The number of nitrogens with one attached hydrogen (secondary N) is 3. The number of aromatic amines is 1. The van der Waals surface area contributed by atoms with Crippen LogP contribution in [0.4, 0.5) is 0 Å². The molecule has 4 rings (SSSR count). The fourth-order valence-electron chi connectivity index (χ4n) is 4.73. The summed E-state index contributed by atoms with van der Waals surface area (Å²) in [6.07, 6.45) is 1.45. The zero-order chi connectivity index (χ0) is 24.5. The van der Waals surface area contributed by atoms with Crippen molar-refractivity contribution in [2.75, 3.05) is 0 Å². The molecule has 7 nitrogen and oxygen atoms in total. The molecule has 0 bridgehead atoms. The van der Waals surface area contributed by atoms with E-state index in [2.05, 4.69) is 31.5 Å². The van der Waals surface area contributed by atoms with Crippen LogP contribution in [-0.2, 0) is 33.6 Å². The molecule has 0 fully saturated rings. The summed E-state index contributed by atoms with van der Waals surface area (Å²) in [5.41, 5.74) is 8.28. The lowest BCUT2D eigenvalue weighted by Gasteiger charge is -2.38. The van der Waals surface area contributed by atoms with Gasteiger partial charge in [0.2, 0.25) is 17.7 Å². The number of hydrogen-bond donors (Lipinski definition) is 4. The quantitative estimate of drug-likeness (QED) is 0.380. The topological polar surface area (TPSA) is 117 Å². The van der Waals surface area contributed by atoms with E-state index < -0.39 is 17.5 Å². The van der Waals surface area contributed by atoms with E-state index in [0.717, 1.165) is 32.2 Å². The van der Waals surface area contributed by atoms with Crippen LogP contribution in [0.5, 0.6) is 0 Å². The first kappa shape index (κ1) is 24.0. The molecule has 3 aromatic rings. The summed E-state index contributed by atoms with van der Waals surface area (Å²) in [6, 6.07) is 14.6. The number of H-pyrrole nitrogens is 1. The largest absolute Gasteiger partial charge is 0.368 e. The van der Waals surface area contributed by atoms with Gasteiger partial charge in [0.1, 0.15) is 11.6 Å². The molecule has 1 aliphatic rings. The average molecular weight is 525 g/mol. The molecule has 2 atom stereocenters. The number of hydrogen-bond acceptors (Lipinski definition) is 3. The first-order valence-electron chi connectivity index (χ1n) is 11.4. The number of nitrogens with two attached hydrogens (primary N) is 1.